The number of hydrogen-bond donors (Lipinski definition) is 1. The lowest BCUT2D eigenvalue weighted by Gasteiger charge is -2.31. The number of piperidine rings is 1. The van der Waals surface area contributed by atoms with Crippen LogP contribution in [-0.2, 0) is 6.18 Å². The molecule has 9 heteroatoms. The number of rotatable bonds is 4. The number of nitrogens with one attached hydrogen (secondary N) is 2. The van der Waals surface area contributed by atoms with Gasteiger partial charge in [0, 0.05) is 30.6 Å². The predicted molar refractivity (Wildman–Crippen MR) is 110 cm³/mol. The highest BCUT2D eigenvalue weighted by molar-refractivity contribution is 5.98. The fourth-order valence-electron chi connectivity index (χ4n) is 4.74. The van der Waals surface area contributed by atoms with E-state index in [0.29, 0.717) is 29.7 Å². The van der Waals surface area contributed by atoms with Gasteiger partial charge in [-0.05, 0) is 24.8 Å². The van der Waals surface area contributed by atoms with Crippen LogP contribution in [0.5, 0.6) is 0 Å². The van der Waals surface area contributed by atoms with Crippen molar-refractivity contribution in [3.8, 4) is 11.3 Å². The second-order valence-electron chi connectivity index (χ2n) is 8.22. The number of aromatic amines is 1. The number of nitrogens with zero attached hydrogens (tertiary/aromatic N) is 3. The van der Waals surface area contributed by atoms with E-state index in [1.54, 1.807) is 6.20 Å². The maximum Gasteiger partial charge on any atom is 0.419 e. The molecular weight excluding hydrogens is 419 g/mol. The van der Waals surface area contributed by atoms with Crippen LogP contribution < -0.4 is 10.3 Å². The predicted octanol–water partition coefficient (Wildman–Crippen LogP) is 3.69. The SMILES string of the molecule is O=C(c1nccnc1-c1ccccc1)N1C[C@H]2C[C@@H](Nc3ccc(C(F)(F)F)c[nH+]3)[C@@H]1C2. The molecule has 2 fully saturated rings. The number of carbonyl (C=O) groups excluding carboxylic acids is 1. The van der Waals surface area contributed by atoms with Crippen molar-refractivity contribution in [3.05, 3.63) is 72.3 Å². The lowest BCUT2D eigenvalue weighted by molar-refractivity contribution is -0.365. The number of H-pyrrole nitrogens is 1. The lowest BCUT2D eigenvalue weighted by atomic mass is 10.0. The summed E-state index contributed by atoms with van der Waals surface area (Å²) in [6, 6.07) is 11.8. The molecule has 0 unspecified atom stereocenters. The Hall–Kier alpha value is -3.49. The van der Waals surface area contributed by atoms with Crippen LogP contribution >= 0.6 is 0 Å². The second-order valence-corrected chi connectivity index (χ2v) is 8.22. The van der Waals surface area contributed by atoms with Gasteiger partial charge in [-0.25, -0.2) is 9.97 Å². The Morgan fingerprint density at radius 1 is 1.06 bits per heavy atom. The number of benzene rings is 1. The molecule has 0 spiro atoms. The number of pyridine rings is 1. The molecule has 164 valence electrons. The third-order valence-corrected chi connectivity index (χ3v) is 6.17. The van der Waals surface area contributed by atoms with Crippen molar-refractivity contribution in [2.24, 2.45) is 5.92 Å². The molecule has 2 aliphatic rings. The second kappa shape index (κ2) is 7.89. The zero-order chi connectivity index (χ0) is 22.3. The summed E-state index contributed by atoms with van der Waals surface area (Å²) in [7, 11) is 0. The normalized spacial score (nSPS) is 22.2. The van der Waals surface area contributed by atoms with Crippen molar-refractivity contribution >= 4 is 11.7 Å². The van der Waals surface area contributed by atoms with Gasteiger partial charge in [0.2, 0.25) is 0 Å². The number of amides is 1. The summed E-state index contributed by atoms with van der Waals surface area (Å²) in [5.74, 6) is 0.660. The fraction of sp³-hybridized carbons (Fsp3) is 0.304. The number of alkyl halides is 3. The minimum atomic E-state index is -4.39. The molecule has 3 heterocycles. The summed E-state index contributed by atoms with van der Waals surface area (Å²) >= 11 is 0. The zero-order valence-electron chi connectivity index (χ0n) is 17.0. The van der Waals surface area contributed by atoms with E-state index in [-0.39, 0.29) is 18.0 Å². The molecule has 1 amide bonds. The Morgan fingerprint density at radius 3 is 2.53 bits per heavy atom. The zero-order valence-corrected chi connectivity index (χ0v) is 17.0. The Bertz CT molecular complexity index is 1120. The van der Waals surface area contributed by atoms with Gasteiger partial charge >= 0.3 is 6.18 Å². The Labute approximate surface area is 182 Å². The van der Waals surface area contributed by atoms with E-state index in [9.17, 15) is 18.0 Å². The third kappa shape index (κ3) is 3.79. The van der Waals surface area contributed by atoms with Crippen LogP contribution in [0, 0.1) is 5.92 Å². The van der Waals surface area contributed by atoms with Crippen LogP contribution in [0.3, 0.4) is 0 Å². The molecule has 1 saturated carbocycles. The van der Waals surface area contributed by atoms with Gasteiger partial charge in [0.15, 0.2) is 5.69 Å². The van der Waals surface area contributed by atoms with Gasteiger partial charge in [0.1, 0.15) is 17.9 Å². The number of halogens is 3. The first-order valence-electron chi connectivity index (χ1n) is 10.4. The van der Waals surface area contributed by atoms with E-state index in [1.165, 1.54) is 12.3 Å². The van der Waals surface area contributed by atoms with E-state index in [0.717, 1.165) is 30.7 Å². The number of hydrogen-bond acceptors (Lipinski definition) is 4. The standard InChI is InChI=1S/C23H20F3N5O/c24-23(25,26)16-6-7-19(29-12-16)30-17-10-14-11-18(17)31(13-14)22(32)21-20(27-8-9-28-21)15-4-2-1-3-5-15/h1-9,12,14,17-18H,10-11,13H2,(H,29,30)/p+1/t14-,17+,18-/m0/s1. The van der Waals surface area contributed by atoms with E-state index in [4.69, 9.17) is 0 Å². The van der Waals surface area contributed by atoms with E-state index in [1.807, 2.05) is 35.2 Å². The molecule has 0 radical (unpaired) electrons. The molecule has 2 N–H and O–H groups in total. The average Bonchev–Trinajstić information content (AvgIpc) is 3.40. The molecule has 2 aromatic heterocycles. The highest BCUT2D eigenvalue weighted by Crippen LogP contribution is 2.40. The van der Waals surface area contributed by atoms with Crippen molar-refractivity contribution in [2.45, 2.75) is 31.1 Å². The third-order valence-electron chi connectivity index (χ3n) is 6.17. The summed E-state index contributed by atoms with van der Waals surface area (Å²) in [6.45, 7) is 0.642. The topological polar surface area (TPSA) is 72.3 Å². The van der Waals surface area contributed by atoms with Gasteiger partial charge in [-0.2, -0.15) is 13.2 Å². The van der Waals surface area contributed by atoms with E-state index >= 15 is 0 Å². The Kier molecular flexibility index (Phi) is 5.03. The van der Waals surface area contributed by atoms with Crippen molar-refractivity contribution in [1.82, 2.24) is 14.9 Å². The smallest absolute Gasteiger partial charge is 0.330 e. The monoisotopic (exact) mass is 440 g/mol. The highest BCUT2D eigenvalue weighted by atomic mass is 19.4. The van der Waals surface area contributed by atoms with Crippen molar-refractivity contribution in [2.75, 3.05) is 11.9 Å². The number of likely N-dealkylation sites (tertiary alicyclic amines) is 1. The summed E-state index contributed by atoms with van der Waals surface area (Å²) in [5.41, 5.74) is 0.943. The first-order chi connectivity index (χ1) is 15.4. The maximum absolute atomic E-state index is 13.4. The fourth-order valence-corrected chi connectivity index (χ4v) is 4.74. The first-order valence-corrected chi connectivity index (χ1v) is 10.4. The van der Waals surface area contributed by atoms with Crippen LogP contribution in [-0.4, -0.2) is 39.4 Å². The maximum atomic E-state index is 13.4. The molecule has 2 bridgehead atoms. The van der Waals surface area contributed by atoms with Crippen LogP contribution in [0.2, 0.25) is 0 Å². The van der Waals surface area contributed by atoms with E-state index in [2.05, 4.69) is 20.3 Å². The van der Waals surface area contributed by atoms with Crippen molar-refractivity contribution < 1.29 is 22.9 Å². The molecule has 32 heavy (non-hydrogen) atoms. The minimum absolute atomic E-state index is 0.0532. The molecule has 5 rings (SSSR count). The van der Waals surface area contributed by atoms with Gasteiger partial charge < -0.3 is 4.90 Å². The first kappa shape index (κ1) is 20.4. The van der Waals surface area contributed by atoms with Crippen LogP contribution in [0.1, 0.15) is 28.9 Å². The van der Waals surface area contributed by atoms with Crippen molar-refractivity contribution in [3.63, 3.8) is 0 Å². The Morgan fingerprint density at radius 2 is 1.84 bits per heavy atom. The van der Waals surface area contributed by atoms with Gasteiger partial charge in [-0.3, -0.25) is 15.1 Å². The van der Waals surface area contributed by atoms with Gasteiger partial charge in [0.05, 0.1) is 11.6 Å². The number of anilines is 1. The molecule has 3 atom stereocenters. The highest BCUT2D eigenvalue weighted by Gasteiger charge is 2.49. The molecule has 1 aliphatic heterocycles. The molecule has 3 aromatic rings. The van der Waals surface area contributed by atoms with Crippen LogP contribution in [0.4, 0.5) is 19.0 Å². The van der Waals surface area contributed by atoms with Crippen molar-refractivity contribution in [1.29, 1.82) is 0 Å². The largest absolute Gasteiger partial charge is 0.419 e. The van der Waals surface area contributed by atoms with Crippen LogP contribution in [0.15, 0.2) is 61.1 Å². The summed E-state index contributed by atoms with van der Waals surface area (Å²) in [5, 5.41) is 3.28. The molecule has 6 nitrogen and oxygen atoms in total. The summed E-state index contributed by atoms with van der Waals surface area (Å²) in [6.07, 6.45) is 1.35. The average molecular weight is 440 g/mol. The molecule has 1 aromatic carbocycles. The lowest BCUT2D eigenvalue weighted by Crippen LogP contribution is -2.48. The summed E-state index contributed by atoms with van der Waals surface area (Å²) < 4.78 is 38.4. The molecule has 1 aliphatic carbocycles. The van der Waals surface area contributed by atoms with Gasteiger partial charge in [-0.15, -0.1) is 0 Å². The van der Waals surface area contributed by atoms with Crippen LogP contribution in [0.25, 0.3) is 11.3 Å². The van der Waals surface area contributed by atoms with Gasteiger partial charge in [0.25, 0.3) is 11.7 Å². The molecule has 1 saturated heterocycles. The number of fused-ring (bicyclic) bond motifs is 2. The quantitative estimate of drug-likeness (QED) is 0.672. The number of carbonyl (C=O) groups is 1. The van der Waals surface area contributed by atoms with E-state index < -0.39 is 11.7 Å². The summed E-state index contributed by atoms with van der Waals surface area (Å²) in [4.78, 5) is 26.7. The minimum Gasteiger partial charge on any atom is -0.330 e. The Balaban J connectivity index is 1.35. The number of aromatic nitrogens is 3. The molecular formula is C23H21F3N5O+. The van der Waals surface area contributed by atoms with Gasteiger partial charge in [-0.1, -0.05) is 30.3 Å².